The number of aromatic nitrogens is 1. The van der Waals surface area contributed by atoms with Gasteiger partial charge >= 0.3 is 6.18 Å². The quantitative estimate of drug-likeness (QED) is 0.304. The van der Waals surface area contributed by atoms with E-state index in [1.165, 1.54) is 0 Å². The van der Waals surface area contributed by atoms with Gasteiger partial charge in [-0.15, -0.1) is 10.2 Å². The maximum Gasteiger partial charge on any atom is 0.416 e. The summed E-state index contributed by atoms with van der Waals surface area (Å²) in [4.78, 5) is 12.7. The van der Waals surface area contributed by atoms with Crippen LogP contribution in [0.2, 0.25) is 0 Å². The number of nitrogens with zero attached hydrogens (tertiary/aromatic N) is 3. The van der Waals surface area contributed by atoms with Gasteiger partial charge in [0.25, 0.3) is 5.69 Å². The number of benzene rings is 2. The van der Waals surface area contributed by atoms with Crippen molar-refractivity contribution < 1.29 is 23.2 Å². The van der Waals surface area contributed by atoms with Crippen molar-refractivity contribution in [2.45, 2.75) is 6.18 Å². The monoisotopic (exact) mass is 428 g/mol. The molecule has 0 aliphatic rings. The van der Waals surface area contributed by atoms with Gasteiger partial charge in [-0.2, -0.15) is 13.2 Å². The van der Waals surface area contributed by atoms with Crippen LogP contribution in [0.3, 0.4) is 0 Å². The number of rotatable bonds is 3. The van der Waals surface area contributed by atoms with E-state index in [0.29, 0.717) is 27.5 Å². The second-order valence-corrected chi connectivity index (χ2v) is 6.09. The minimum absolute atomic E-state index is 0.00972. The number of hydrogen-bond acceptors (Lipinski definition) is 5. The van der Waals surface area contributed by atoms with Gasteiger partial charge < -0.3 is 10.1 Å². The van der Waals surface area contributed by atoms with Crippen molar-refractivity contribution in [3.05, 3.63) is 56.5 Å². The van der Waals surface area contributed by atoms with Crippen LogP contribution in [-0.2, 0) is 6.18 Å². The summed E-state index contributed by atoms with van der Waals surface area (Å²) in [6.45, 7) is 0. The molecule has 2 aromatic carbocycles. The van der Waals surface area contributed by atoms with Gasteiger partial charge in [0.05, 0.1) is 16.0 Å². The van der Waals surface area contributed by atoms with Crippen LogP contribution in [0.4, 0.5) is 30.2 Å². The number of azo groups is 1. The molecule has 0 saturated carbocycles. The number of H-pyrrole nitrogens is 1. The van der Waals surface area contributed by atoms with Gasteiger partial charge in [-0.05, 0) is 30.3 Å². The van der Waals surface area contributed by atoms with Gasteiger partial charge in [0.1, 0.15) is 0 Å². The molecule has 0 radical (unpaired) electrons. The fourth-order valence-electron chi connectivity index (χ4n) is 2.27. The standard InChI is InChI=1S/C15H8BrF3N4O3/c16-8-2-4-10-9(6-8)13(14(24)20-10)22-21-11-3-1-7(15(17,18)19)5-12(11)23(25)26/h1-6,20,24H. The normalized spacial score (nSPS) is 12.2. The van der Waals surface area contributed by atoms with Crippen molar-refractivity contribution in [3.8, 4) is 5.88 Å². The Morgan fingerprint density at radius 1 is 1.15 bits per heavy atom. The molecule has 0 unspecified atom stereocenters. The first kappa shape index (κ1) is 17.9. The van der Waals surface area contributed by atoms with Crippen LogP contribution in [0, 0.1) is 10.1 Å². The fraction of sp³-hybridized carbons (Fsp3) is 0.0667. The third-order valence-electron chi connectivity index (χ3n) is 3.47. The molecule has 7 nitrogen and oxygen atoms in total. The molecule has 0 amide bonds. The second kappa shape index (κ2) is 6.41. The molecule has 0 fully saturated rings. The summed E-state index contributed by atoms with van der Waals surface area (Å²) in [7, 11) is 0. The zero-order valence-corrected chi connectivity index (χ0v) is 14.2. The number of alkyl halides is 3. The summed E-state index contributed by atoms with van der Waals surface area (Å²) < 4.78 is 38.9. The molecule has 0 spiro atoms. The van der Waals surface area contributed by atoms with E-state index in [2.05, 4.69) is 31.1 Å². The second-order valence-electron chi connectivity index (χ2n) is 5.17. The molecule has 3 aromatic rings. The van der Waals surface area contributed by atoms with E-state index >= 15 is 0 Å². The maximum atomic E-state index is 12.7. The van der Waals surface area contributed by atoms with Crippen molar-refractivity contribution in [1.82, 2.24) is 4.98 Å². The molecule has 0 saturated heterocycles. The lowest BCUT2D eigenvalue weighted by Crippen LogP contribution is -2.05. The van der Waals surface area contributed by atoms with Crippen LogP contribution in [0.15, 0.2) is 51.1 Å². The summed E-state index contributed by atoms with van der Waals surface area (Å²) in [5.74, 6) is -0.323. The number of aromatic amines is 1. The lowest BCUT2D eigenvalue weighted by Gasteiger charge is -2.06. The summed E-state index contributed by atoms with van der Waals surface area (Å²) in [6.07, 6.45) is -4.72. The minimum Gasteiger partial charge on any atom is -0.493 e. The van der Waals surface area contributed by atoms with Gasteiger partial charge in [0.15, 0.2) is 11.4 Å². The van der Waals surface area contributed by atoms with Crippen molar-refractivity contribution in [1.29, 1.82) is 0 Å². The molecular formula is C15H8BrF3N4O3. The number of nitro benzene ring substituents is 1. The van der Waals surface area contributed by atoms with Crippen molar-refractivity contribution in [2.24, 2.45) is 10.2 Å². The first-order valence-electron chi connectivity index (χ1n) is 6.94. The molecule has 2 N–H and O–H groups in total. The highest BCUT2D eigenvalue weighted by molar-refractivity contribution is 9.10. The first-order valence-corrected chi connectivity index (χ1v) is 7.73. The molecule has 0 aliphatic heterocycles. The smallest absolute Gasteiger partial charge is 0.416 e. The molecular weight excluding hydrogens is 421 g/mol. The van der Waals surface area contributed by atoms with Crippen LogP contribution >= 0.6 is 15.9 Å². The predicted octanol–water partition coefficient (Wildman–Crippen LogP) is 5.98. The van der Waals surface area contributed by atoms with E-state index < -0.39 is 22.4 Å². The number of hydrogen-bond donors (Lipinski definition) is 2. The molecule has 3 rings (SSSR count). The van der Waals surface area contributed by atoms with Crippen LogP contribution < -0.4 is 0 Å². The highest BCUT2D eigenvalue weighted by Gasteiger charge is 2.33. The van der Waals surface area contributed by atoms with E-state index in [4.69, 9.17) is 0 Å². The topological polar surface area (TPSA) is 104 Å². The maximum absolute atomic E-state index is 12.7. The molecule has 1 aromatic heterocycles. The van der Waals surface area contributed by atoms with Gasteiger partial charge in [0, 0.05) is 15.9 Å². The van der Waals surface area contributed by atoms with Crippen LogP contribution in [0.25, 0.3) is 10.9 Å². The lowest BCUT2D eigenvalue weighted by molar-refractivity contribution is -0.384. The van der Waals surface area contributed by atoms with Crippen LogP contribution in [0.5, 0.6) is 5.88 Å². The average Bonchev–Trinajstić information content (AvgIpc) is 2.86. The third kappa shape index (κ3) is 3.38. The van der Waals surface area contributed by atoms with E-state index in [-0.39, 0.29) is 17.3 Å². The van der Waals surface area contributed by atoms with Crippen molar-refractivity contribution in [2.75, 3.05) is 0 Å². The Hall–Kier alpha value is -2.95. The number of nitrogens with one attached hydrogen (secondary N) is 1. The molecule has 1 heterocycles. The van der Waals surface area contributed by atoms with E-state index in [0.717, 1.165) is 6.07 Å². The third-order valence-corrected chi connectivity index (χ3v) is 3.96. The summed E-state index contributed by atoms with van der Waals surface area (Å²) >= 11 is 3.27. The summed E-state index contributed by atoms with van der Waals surface area (Å²) in [5, 5.41) is 28.9. The molecule has 134 valence electrons. The van der Waals surface area contributed by atoms with E-state index in [9.17, 15) is 28.4 Å². The molecule has 26 heavy (non-hydrogen) atoms. The SMILES string of the molecule is O=[N+]([O-])c1cc(C(F)(F)F)ccc1N=Nc1c(O)[nH]c2ccc(Br)cc12. The zero-order chi connectivity index (χ0) is 19.1. The fourth-order valence-corrected chi connectivity index (χ4v) is 2.63. The number of nitro groups is 1. The summed E-state index contributed by atoms with van der Waals surface area (Å²) in [5.41, 5.74) is -1.82. The van der Waals surface area contributed by atoms with Crippen molar-refractivity contribution in [3.63, 3.8) is 0 Å². The average molecular weight is 429 g/mol. The zero-order valence-electron chi connectivity index (χ0n) is 12.6. The minimum atomic E-state index is -4.72. The van der Waals surface area contributed by atoms with Gasteiger partial charge in [0.2, 0.25) is 5.88 Å². The highest BCUT2D eigenvalue weighted by atomic mass is 79.9. The van der Waals surface area contributed by atoms with Gasteiger partial charge in [-0.25, -0.2) is 0 Å². The lowest BCUT2D eigenvalue weighted by atomic mass is 10.1. The predicted molar refractivity (Wildman–Crippen MR) is 89.9 cm³/mol. The Labute approximate surface area is 151 Å². The van der Waals surface area contributed by atoms with Crippen molar-refractivity contribution >= 4 is 43.9 Å². The Kier molecular flexibility index (Phi) is 4.40. The van der Waals surface area contributed by atoms with E-state index in [1.807, 2.05) is 0 Å². The Morgan fingerprint density at radius 3 is 2.54 bits per heavy atom. The van der Waals surface area contributed by atoms with Gasteiger partial charge in [-0.1, -0.05) is 15.9 Å². The highest BCUT2D eigenvalue weighted by Crippen LogP contribution is 2.40. The molecule has 0 aliphatic carbocycles. The van der Waals surface area contributed by atoms with E-state index in [1.54, 1.807) is 18.2 Å². The Balaban J connectivity index is 2.08. The first-order chi connectivity index (χ1) is 12.2. The largest absolute Gasteiger partial charge is 0.493 e. The summed E-state index contributed by atoms with van der Waals surface area (Å²) in [6, 6.07) is 6.94. The Bertz CT molecular complexity index is 1050. The van der Waals surface area contributed by atoms with Crippen LogP contribution in [-0.4, -0.2) is 15.0 Å². The molecule has 0 atom stereocenters. The van der Waals surface area contributed by atoms with Gasteiger partial charge in [-0.3, -0.25) is 10.1 Å². The Morgan fingerprint density at radius 2 is 1.88 bits per heavy atom. The van der Waals surface area contributed by atoms with Crippen LogP contribution in [0.1, 0.15) is 5.56 Å². The molecule has 0 bridgehead atoms. The number of fused-ring (bicyclic) bond motifs is 1. The number of aromatic hydroxyl groups is 1. The molecule has 11 heteroatoms. The number of halogens is 4.